The standard InChI is InChI=1S/C16H25NO2/c1-12-4-2-3-5-15(12)19-11-16-13(8-9-18-16)10-17-14-6-7-14/h8-9,12,14-15,17H,2-7,10-11H2,1H3. The van der Waals surface area contributed by atoms with E-state index in [1.165, 1.54) is 44.1 Å². The first kappa shape index (κ1) is 13.2. The number of hydrogen-bond acceptors (Lipinski definition) is 3. The summed E-state index contributed by atoms with van der Waals surface area (Å²) in [6.45, 7) is 3.85. The largest absolute Gasteiger partial charge is 0.467 e. The summed E-state index contributed by atoms with van der Waals surface area (Å²) in [7, 11) is 0. The predicted molar refractivity (Wildman–Crippen MR) is 74.8 cm³/mol. The maximum atomic E-state index is 6.08. The van der Waals surface area contributed by atoms with Gasteiger partial charge in [0.05, 0.1) is 12.4 Å². The van der Waals surface area contributed by atoms with E-state index in [-0.39, 0.29) is 0 Å². The summed E-state index contributed by atoms with van der Waals surface area (Å²) in [5, 5.41) is 3.53. The van der Waals surface area contributed by atoms with E-state index < -0.39 is 0 Å². The Balaban J connectivity index is 1.49. The minimum absolute atomic E-state index is 0.420. The maximum Gasteiger partial charge on any atom is 0.133 e. The summed E-state index contributed by atoms with van der Waals surface area (Å²) in [6, 6.07) is 2.81. The van der Waals surface area contributed by atoms with Crippen molar-refractivity contribution in [3.05, 3.63) is 23.7 Å². The van der Waals surface area contributed by atoms with E-state index in [1.54, 1.807) is 6.26 Å². The van der Waals surface area contributed by atoms with Crippen LogP contribution in [0.3, 0.4) is 0 Å². The van der Waals surface area contributed by atoms with E-state index in [9.17, 15) is 0 Å². The van der Waals surface area contributed by atoms with E-state index >= 15 is 0 Å². The van der Waals surface area contributed by atoms with Crippen LogP contribution in [-0.4, -0.2) is 12.1 Å². The number of hydrogen-bond donors (Lipinski definition) is 1. The Morgan fingerprint density at radius 2 is 2.11 bits per heavy atom. The molecular weight excluding hydrogens is 238 g/mol. The first-order chi connectivity index (χ1) is 9.33. The zero-order chi connectivity index (χ0) is 13.1. The van der Waals surface area contributed by atoms with E-state index in [0.29, 0.717) is 18.6 Å². The van der Waals surface area contributed by atoms with Crippen molar-refractivity contribution in [3.63, 3.8) is 0 Å². The smallest absolute Gasteiger partial charge is 0.133 e. The van der Waals surface area contributed by atoms with Gasteiger partial charge in [-0.2, -0.15) is 0 Å². The number of ether oxygens (including phenoxy) is 1. The van der Waals surface area contributed by atoms with Crippen molar-refractivity contribution in [2.75, 3.05) is 0 Å². The van der Waals surface area contributed by atoms with Gasteiger partial charge in [0.15, 0.2) is 0 Å². The number of nitrogens with one attached hydrogen (secondary N) is 1. The highest BCUT2D eigenvalue weighted by Gasteiger charge is 2.23. The van der Waals surface area contributed by atoms with Gasteiger partial charge in [0, 0.05) is 18.2 Å². The van der Waals surface area contributed by atoms with Crippen LogP contribution in [0.2, 0.25) is 0 Å². The molecule has 0 bridgehead atoms. The molecule has 1 N–H and O–H groups in total. The molecular formula is C16H25NO2. The van der Waals surface area contributed by atoms with Gasteiger partial charge in [0.25, 0.3) is 0 Å². The second-order valence-corrected chi connectivity index (χ2v) is 6.14. The minimum Gasteiger partial charge on any atom is -0.467 e. The highest BCUT2D eigenvalue weighted by atomic mass is 16.5. The molecule has 2 atom stereocenters. The quantitative estimate of drug-likeness (QED) is 0.851. The van der Waals surface area contributed by atoms with Crippen LogP contribution >= 0.6 is 0 Å². The van der Waals surface area contributed by atoms with Gasteiger partial charge in [-0.05, 0) is 37.7 Å². The minimum atomic E-state index is 0.420. The highest BCUT2D eigenvalue weighted by Crippen LogP contribution is 2.27. The second-order valence-electron chi connectivity index (χ2n) is 6.14. The van der Waals surface area contributed by atoms with Crippen molar-refractivity contribution < 1.29 is 9.15 Å². The lowest BCUT2D eigenvalue weighted by Gasteiger charge is -2.28. The van der Waals surface area contributed by atoms with E-state index in [2.05, 4.69) is 18.3 Å². The molecule has 3 heteroatoms. The Hall–Kier alpha value is -0.800. The fraction of sp³-hybridized carbons (Fsp3) is 0.750. The van der Waals surface area contributed by atoms with Gasteiger partial charge in [-0.1, -0.05) is 19.8 Å². The first-order valence-electron chi connectivity index (χ1n) is 7.73. The van der Waals surface area contributed by atoms with Crippen LogP contribution in [0, 0.1) is 5.92 Å². The van der Waals surface area contributed by atoms with Gasteiger partial charge in [0.1, 0.15) is 12.4 Å². The van der Waals surface area contributed by atoms with Crippen molar-refractivity contribution in [3.8, 4) is 0 Å². The Kier molecular flexibility index (Phi) is 4.24. The van der Waals surface area contributed by atoms with Crippen LogP contribution in [0.15, 0.2) is 16.7 Å². The average Bonchev–Trinajstić information content (AvgIpc) is 3.14. The molecule has 0 aromatic carbocycles. The second kappa shape index (κ2) is 6.10. The molecule has 0 saturated heterocycles. The molecule has 2 aliphatic carbocycles. The molecule has 2 unspecified atom stereocenters. The molecule has 19 heavy (non-hydrogen) atoms. The molecule has 0 radical (unpaired) electrons. The first-order valence-corrected chi connectivity index (χ1v) is 7.73. The Morgan fingerprint density at radius 1 is 1.26 bits per heavy atom. The van der Waals surface area contributed by atoms with Crippen LogP contribution in [0.1, 0.15) is 56.8 Å². The predicted octanol–water partition coefficient (Wildman–Crippen LogP) is 3.63. The van der Waals surface area contributed by atoms with Gasteiger partial charge < -0.3 is 14.5 Å². The summed E-state index contributed by atoms with van der Waals surface area (Å²) in [4.78, 5) is 0. The van der Waals surface area contributed by atoms with Crippen molar-refractivity contribution >= 4 is 0 Å². The fourth-order valence-electron chi connectivity index (χ4n) is 2.91. The topological polar surface area (TPSA) is 34.4 Å². The van der Waals surface area contributed by atoms with Gasteiger partial charge in [-0.15, -0.1) is 0 Å². The lowest BCUT2D eigenvalue weighted by atomic mass is 9.88. The third-order valence-electron chi connectivity index (χ3n) is 4.46. The van der Waals surface area contributed by atoms with Crippen molar-refractivity contribution in [2.45, 2.75) is 70.7 Å². The molecule has 1 heterocycles. The number of furan rings is 1. The van der Waals surface area contributed by atoms with Crippen molar-refractivity contribution in [1.82, 2.24) is 5.32 Å². The molecule has 106 valence electrons. The average molecular weight is 263 g/mol. The van der Waals surface area contributed by atoms with Crippen molar-refractivity contribution in [2.24, 2.45) is 5.92 Å². The molecule has 1 aromatic rings. The van der Waals surface area contributed by atoms with E-state index in [4.69, 9.17) is 9.15 Å². The van der Waals surface area contributed by atoms with Gasteiger partial charge >= 0.3 is 0 Å². The summed E-state index contributed by atoms with van der Waals surface area (Å²) >= 11 is 0. The lowest BCUT2D eigenvalue weighted by Crippen LogP contribution is -2.25. The zero-order valence-electron chi connectivity index (χ0n) is 11.9. The summed E-state index contributed by atoms with van der Waals surface area (Å²) in [5.41, 5.74) is 1.26. The maximum absolute atomic E-state index is 6.08. The SMILES string of the molecule is CC1CCCCC1OCc1occc1CNC1CC1. The Bertz CT molecular complexity index is 397. The molecule has 3 nitrogen and oxygen atoms in total. The summed E-state index contributed by atoms with van der Waals surface area (Å²) in [5.74, 6) is 1.70. The Labute approximate surface area is 115 Å². The monoisotopic (exact) mass is 263 g/mol. The van der Waals surface area contributed by atoms with Crippen LogP contribution in [0.25, 0.3) is 0 Å². The molecule has 0 amide bonds. The lowest BCUT2D eigenvalue weighted by molar-refractivity contribution is -0.0223. The number of rotatable bonds is 6. The van der Waals surface area contributed by atoms with Crippen LogP contribution in [0.5, 0.6) is 0 Å². The van der Waals surface area contributed by atoms with Crippen LogP contribution in [0.4, 0.5) is 0 Å². The van der Waals surface area contributed by atoms with Gasteiger partial charge in [0.2, 0.25) is 0 Å². The third kappa shape index (κ3) is 3.61. The van der Waals surface area contributed by atoms with Gasteiger partial charge in [-0.3, -0.25) is 0 Å². The third-order valence-corrected chi connectivity index (χ3v) is 4.46. The molecule has 0 aliphatic heterocycles. The highest BCUT2D eigenvalue weighted by molar-refractivity contribution is 5.16. The molecule has 0 spiro atoms. The Morgan fingerprint density at radius 3 is 2.89 bits per heavy atom. The van der Waals surface area contributed by atoms with Crippen LogP contribution in [-0.2, 0) is 17.9 Å². The normalized spacial score (nSPS) is 27.6. The molecule has 1 aromatic heterocycles. The van der Waals surface area contributed by atoms with Gasteiger partial charge in [-0.25, -0.2) is 0 Å². The van der Waals surface area contributed by atoms with Crippen LogP contribution < -0.4 is 5.32 Å². The van der Waals surface area contributed by atoms with E-state index in [1.807, 2.05) is 0 Å². The summed E-state index contributed by atoms with van der Waals surface area (Å²) in [6.07, 6.45) is 10.0. The molecule has 2 fully saturated rings. The molecule has 2 saturated carbocycles. The van der Waals surface area contributed by atoms with E-state index in [0.717, 1.165) is 18.3 Å². The molecule has 2 aliphatic rings. The van der Waals surface area contributed by atoms with Crippen molar-refractivity contribution in [1.29, 1.82) is 0 Å². The fourth-order valence-corrected chi connectivity index (χ4v) is 2.91. The zero-order valence-corrected chi connectivity index (χ0v) is 11.9. The molecule has 3 rings (SSSR count). The summed E-state index contributed by atoms with van der Waals surface area (Å²) < 4.78 is 11.7.